The number of carbonyl (C=O) groups is 1. The van der Waals surface area contributed by atoms with Gasteiger partial charge in [0.15, 0.2) is 5.78 Å². The van der Waals surface area contributed by atoms with Crippen molar-refractivity contribution in [2.45, 2.75) is 20.8 Å². The van der Waals surface area contributed by atoms with Crippen LogP contribution in [0.3, 0.4) is 0 Å². The van der Waals surface area contributed by atoms with Gasteiger partial charge in [0.1, 0.15) is 0 Å². The Morgan fingerprint density at radius 1 is 1.10 bits per heavy atom. The van der Waals surface area contributed by atoms with Gasteiger partial charge in [-0.05, 0) is 56.7 Å². The Balaban J connectivity index is 2.06. The van der Waals surface area contributed by atoms with E-state index in [-0.39, 0.29) is 5.78 Å². The minimum atomic E-state index is 0.0703. The fraction of sp³-hybridized carbons (Fsp3) is 0.278. The lowest BCUT2D eigenvalue weighted by Gasteiger charge is -2.20. The van der Waals surface area contributed by atoms with E-state index in [1.165, 1.54) is 17.0 Å². The van der Waals surface area contributed by atoms with Crippen molar-refractivity contribution in [1.29, 1.82) is 0 Å². The largest absolute Gasteiger partial charge is 0.372 e. The summed E-state index contributed by atoms with van der Waals surface area (Å²) in [4.78, 5) is 16.3. The fourth-order valence-corrected chi connectivity index (χ4v) is 2.99. The van der Waals surface area contributed by atoms with Crippen LogP contribution in [0.1, 0.15) is 34.0 Å². The third kappa shape index (κ3) is 4.05. The molecule has 0 spiro atoms. The Morgan fingerprint density at radius 2 is 1.76 bits per heavy atom. The van der Waals surface area contributed by atoms with Crippen LogP contribution in [0, 0.1) is 6.92 Å². The number of thiophene rings is 1. The van der Waals surface area contributed by atoms with Crippen LogP contribution in [0.2, 0.25) is 0 Å². The van der Waals surface area contributed by atoms with Crippen molar-refractivity contribution in [3.8, 4) is 0 Å². The first-order chi connectivity index (χ1) is 10.1. The second-order valence-electron chi connectivity index (χ2n) is 4.87. The van der Waals surface area contributed by atoms with Crippen molar-refractivity contribution < 1.29 is 4.79 Å². The van der Waals surface area contributed by atoms with E-state index in [4.69, 9.17) is 0 Å². The van der Waals surface area contributed by atoms with Crippen molar-refractivity contribution in [1.82, 2.24) is 0 Å². The van der Waals surface area contributed by atoms with Crippen molar-refractivity contribution in [3.05, 3.63) is 57.8 Å². The molecule has 0 saturated heterocycles. The number of hydrogen-bond donors (Lipinski definition) is 0. The number of ketones is 1. The number of hydrogen-bond acceptors (Lipinski definition) is 3. The second-order valence-corrected chi connectivity index (χ2v) is 6.16. The van der Waals surface area contributed by atoms with Crippen molar-refractivity contribution >= 4 is 28.9 Å². The zero-order valence-corrected chi connectivity index (χ0v) is 13.6. The molecule has 0 saturated carbocycles. The standard InChI is InChI=1S/C18H21NOS/c1-4-19(5-2)16-10-7-15(8-11-16)9-12-17(20)18-13-6-14(3)21-18/h6-13H,4-5H2,1-3H3/b12-9+. The summed E-state index contributed by atoms with van der Waals surface area (Å²) < 4.78 is 0. The molecule has 0 bridgehead atoms. The molecule has 3 heteroatoms. The summed E-state index contributed by atoms with van der Waals surface area (Å²) in [6, 6.07) is 12.2. The van der Waals surface area contributed by atoms with Gasteiger partial charge in [-0.25, -0.2) is 0 Å². The number of rotatable bonds is 6. The van der Waals surface area contributed by atoms with Gasteiger partial charge >= 0.3 is 0 Å². The molecule has 2 rings (SSSR count). The zero-order valence-electron chi connectivity index (χ0n) is 12.8. The fourth-order valence-electron chi connectivity index (χ4n) is 2.21. The molecule has 0 unspecified atom stereocenters. The highest BCUT2D eigenvalue weighted by Gasteiger charge is 2.04. The van der Waals surface area contributed by atoms with Crippen molar-refractivity contribution in [2.24, 2.45) is 0 Å². The molecule has 2 aromatic rings. The monoisotopic (exact) mass is 299 g/mol. The van der Waals surface area contributed by atoms with Crippen LogP contribution in [0.4, 0.5) is 5.69 Å². The van der Waals surface area contributed by atoms with E-state index in [0.717, 1.165) is 28.4 Å². The average molecular weight is 299 g/mol. The maximum absolute atomic E-state index is 12.0. The highest BCUT2D eigenvalue weighted by Crippen LogP contribution is 2.18. The highest BCUT2D eigenvalue weighted by molar-refractivity contribution is 7.14. The number of allylic oxidation sites excluding steroid dienone is 1. The predicted molar refractivity (Wildman–Crippen MR) is 92.4 cm³/mol. The third-order valence-electron chi connectivity index (χ3n) is 3.43. The number of nitrogens with zero attached hydrogens (tertiary/aromatic N) is 1. The maximum atomic E-state index is 12.0. The summed E-state index contributed by atoms with van der Waals surface area (Å²) in [5.41, 5.74) is 2.27. The molecular weight excluding hydrogens is 278 g/mol. The van der Waals surface area contributed by atoms with E-state index in [2.05, 4.69) is 43.0 Å². The van der Waals surface area contributed by atoms with Gasteiger partial charge in [-0.15, -0.1) is 11.3 Å². The number of aryl methyl sites for hydroxylation is 1. The Kier molecular flexibility index (Phi) is 5.34. The van der Waals surface area contributed by atoms with E-state index in [1.807, 2.05) is 25.1 Å². The summed E-state index contributed by atoms with van der Waals surface area (Å²) in [5.74, 6) is 0.0703. The van der Waals surface area contributed by atoms with Gasteiger partial charge in [0.2, 0.25) is 0 Å². The van der Waals surface area contributed by atoms with Crippen LogP contribution in [0.15, 0.2) is 42.5 Å². The summed E-state index contributed by atoms with van der Waals surface area (Å²) in [7, 11) is 0. The number of carbonyl (C=O) groups excluding carboxylic acids is 1. The molecule has 0 aliphatic rings. The van der Waals surface area contributed by atoms with Gasteiger partial charge in [0.05, 0.1) is 4.88 Å². The Morgan fingerprint density at radius 3 is 2.29 bits per heavy atom. The SMILES string of the molecule is CCN(CC)c1ccc(/C=C/C(=O)c2ccc(C)s2)cc1. The molecule has 0 atom stereocenters. The van der Waals surface area contributed by atoms with Gasteiger partial charge in [-0.2, -0.15) is 0 Å². The molecule has 0 aliphatic carbocycles. The normalized spacial score (nSPS) is 11.0. The lowest BCUT2D eigenvalue weighted by Crippen LogP contribution is -2.21. The summed E-state index contributed by atoms with van der Waals surface area (Å²) >= 11 is 1.54. The van der Waals surface area contributed by atoms with Crippen LogP contribution < -0.4 is 4.90 Å². The molecule has 21 heavy (non-hydrogen) atoms. The maximum Gasteiger partial charge on any atom is 0.195 e. The first kappa shape index (κ1) is 15.5. The molecule has 0 amide bonds. The molecule has 1 aromatic carbocycles. The molecule has 2 nitrogen and oxygen atoms in total. The molecule has 1 aromatic heterocycles. The van der Waals surface area contributed by atoms with E-state index < -0.39 is 0 Å². The smallest absolute Gasteiger partial charge is 0.195 e. The number of benzene rings is 1. The zero-order chi connectivity index (χ0) is 15.2. The van der Waals surface area contributed by atoms with Gasteiger partial charge in [-0.3, -0.25) is 4.79 Å². The molecule has 0 aliphatic heterocycles. The van der Waals surface area contributed by atoms with E-state index in [1.54, 1.807) is 6.08 Å². The average Bonchev–Trinajstić information content (AvgIpc) is 2.94. The van der Waals surface area contributed by atoms with Crippen molar-refractivity contribution in [3.63, 3.8) is 0 Å². The Bertz CT molecular complexity index is 621. The highest BCUT2D eigenvalue weighted by atomic mass is 32.1. The van der Waals surface area contributed by atoms with Crippen LogP contribution in [0.25, 0.3) is 6.08 Å². The molecule has 110 valence electrons. The lowest BCUT2D eigenvalue weighted by molar-refractivity contribution is 0.105. The summed E-state index contributed by atoms with van der Waals surface area (Å²) in [6.07, 6.45) is 3.53. The molecule has 0 fully saturated rings. The molecular formula is C18H21NOS. The van der Waals surface area contributed by atoms with Gasteiger partial charge in [0, 0.05) is 23.7 Å². The van der Waals surface area contributed by atoms with Gasteiger partial charge in [-0.1, -0.05) is 18.2 Å². The van der Waals surface area contributed by atoms with Gasteiger partial charge < -0.3 is 4.90 Å². The van der Waals surface area contributed by atoms with Crippen LogP contribution in [-0.2, 0) is 0 Å². The van der Waals surface area contributed by atoms with Crippen molar-refractivity contribution in [2.75, 3.05) is 18.0 Å². The van der Waals surface area contributed by atoms with E-state index in [0.29, 0.717) is 0 Å². The van der Waals surface area contributed by atoms with E-state index in [9.17, 15) is 4.79 Å². The second kappa shape index (κ2) is 7.23. The van der Waals surface area contributed by atoms with Crippen LogP contribution >= 0.6 is 11.3 Å². The van der Waals surface area contributed by atoms with E-state index >= 15 is 0 Å². The minimum Gasteiger partial charge on any atom is -0.372 e. The number of anilines is 1. The quantitative estimate of drug-likeness (QED) is 0.564. The molecule has 0 N–H and O–H groups in total. The first-order valence-electron chi connectivity index (χ1n) is 7.28. The minimum absolute atomic E-state index is 0.0703. The predicted octanol–water partition coefficient (Wildman–Crippen LogP) is 4.80. The third-order valence-corrected chi connectivity index (χ3v) is 4.45. The Labute approximate surface area is 130 Å². The molecule has 1 heterocycles. The van der Waals surface area contributed by atoms with Crippen LogP contribution in [0.5, 0.6) is 0 Å². The van der Waals surface area contributed by atoms with Crippen LogP contribution in [-0.4, -0.2) is 18.9 Å². The lowest BCUT2D eigenvalue weighted by atomic mass is 10.1. The molecule has 0 radical (unpaired) electrons. The first-order valence-corrected chi connectivity index (χ1v) is 8.09. The van der Waals surface area contributed by atoms with Gasteiger partial charge in [0.25, 0.3) is 0 Å². The topological polar surface area (TPSA) is 20.3 Å². The summed E-state index contributed by atoms with van der Waals surface area (Å²) in [6.45, 7) is 8.32. The summed E-state index contributed by atoms with van der Waals surface area (Å²) in [5, 5.41) is 0. The Hall–Kier alpha value is -1.87.